The van der Waals surface area contributed by atoms with E-state index in [1.165, 1.54) is 0 Å². The molecule has 0 aliphatic carbocycles. The number of nitrogens with one attached hydrogen (secondary N) is 1. The lowest BCUT2D eigenvalue weighted by molar-refractivity contribution is 0.0952. The van der Waals surface area contributed by atoms with Gasteiger partial charge in [-0.05, 0) is 44.2 Å². The van der Waals surface area contributed by atoms with Crippen molar-refractivity contribution in [3.05, 3.63) is 89.5 Å². The van der Waals surface area contributed by atoms with Gasteiger partial charge >= 0.3 is 0 Å². The Morgan fingerprint density at radius 3 is 2.75 bits per heavy atom. The molecule has 0 saturated heterocycles. The molecule has 4 aromatic rings. The molecule has 28 heavy (non-hydrogen) atoms. The fourth-order valence-corrected chi connectivity index (χ4v) is 3.09. The third kappa shape index (κ3) is 3.57. The standard InChI is InChI=1S/C22H20N4O2/c1-15-13-16(2)26-12-10-19(20(26)25-15)21(27)24-14-17-7-6-11-23-22(17)28-18-8-4-3-5-9-18/h3-13H,14H2,1-2H3,(H,24,27). The fraction of sp³-hybridized carbons (Fsp3) is 0.136. The molecule has 0 aliphatic rings. The SMILES string of the molecule is Cc1cc(C)n2ccc(C(=O)NCc3cccnc3Oc3ccccc3)c2n1. The van der Waals surface area contributed by atoms with Crippen LogP contribution in [0.3, 0.4) is 0 Å². The predicted molar refractivity (Wildman–Crippen MR) is 107 cm³/mol. The highest BCUT2D eigenvalue weighted by molar-refractivity contribution is 6.00. The van der Waals surface area contributed by atoms with Gasteiger partial charge in [0.2, 0.25) is 5.88 Å². The second kappa shape index (κ2) is 7.52. The number of hydrogen-bond donors (Lipinski definition) is 1. The quantitative estimate of drug-likeness (QED) is 0.573. The Bertz CT molecular complexity index is 1140. The van der Waals surface area contributed by atoms with Gasteiger partial charge in [-0.15, -0.1) is 0 Å². The first kappa shape index (κ1) is 17.7. The van der Waals surface area contributed by atoms with E-state index in [9.17, 15) is 4.79 Å². The number of carbonyl (C=O) groups excluding carboxylic acids is 1. The maximum atomic E-state index is 12.8. The summed E-state index contributed by atoms with van der Waals surface area (Å²) in [5, 5.41) is 2.95. The van der Waals surface area contributed by atoms with E-state index in [4.69, 9.17) is 4.74 Å². The van der Waals surface area contributed by atoms with Crippen LogP contribution in [0.1, 0.15) is 27.3 Å². The molecule has 0 unspecified atom stereocenters. The summed E-state index contributed by atoms with van der Waals surface area (Å²) in [7, 11) is 0. The minimum atomic E-state index is -0.186. The maximum absolute atomic E-state index is 12.8. The molecular formula is C22H20N4O2. The van der Waals surface area contributed by atoms with E-state index in [0.29, 0.717) is 29.4 Å². The number of hydrogen-bond acceptors (Lipinski definition) is 4. The molecule has 0 aliphatic heterocycles. The predicted octanol–water partition coefficient (Wildman–Crippen LogP) is 4.07. The number of carbonyl (C=O) groups is 1. The number of nitrogens with zero attached hydrogens (tertiary/aromatic N) is 3. The summed E-state index contributed by atoms with van der Waals surface area (Å²) in [6.07, 6.45) is 3.53. The number of ether oxygens (including phenoxy) is 1. The summed E-state index contributed by atoms with van der Waals surface area (Å²) < 4.78 is 7.77. The third-order valence-corrected chi connectivity index (χ3v) is 4.43. The van der Waals surface area contributed by atoms with E-state index < -0.39 is 0 Å². The zero-order valence-electron chi connectivity index (χ0n) is 15.7. The number of aromatic nitrogens is 3. The Balaban J connectivity index is 1.53. The van der Waals surface area contributed by atoms with Crippen molar-refractivity contribution in [2.24, 2.45) is 0 Å². The molecule has 140 valence electrons. The largest absolute Gasteiger partial charge is 0.439 e. The van der Waals surface area contributed by atoms with Crippen molar-refractivity contribution in [3.8, 4) is 11.6 Å². The lowest BCUT2D eigenvalue weighted by atomic mass is 10.2. The van der Waals surface area contributed by atoms with Crippen LogP contribution in [0, 0.1) is 13.8 Å². The second-order valence-corrected chi connectivity index (χ2v) is 6.53. The Hall–Kier alpha value is -3.67. The topological polar surface area (TPSA) is 68.5 Å². The highest BCUT2D eigenvalue weighted by Crippen LogP contribution is 2.22. The van der Waals surface area contributed by atoms with Gasteiger partial charge in [-0.3, -0.25) is 4.79 Å². The van der Waals surface area contributed by atoms with E-state index in [1.807, 2.05) is 73.0 Å². The third-order valence-electron chi connectivity index (χ3n) is 4.43. The highest BCUT2D eigenvalue weighted by Gasteiger charge is 2.15. The van der Waals surface area contributed by atoms with Crippen molar-refractivity contribution in [1.29, 1.82) is 0 Å². The van der Waals surface area contributed by atoms with E-state index in [0.717, 1.165) is 17.0 Å². The first-order valence-electron chi connectivity index (χ1n) is 9.02. The van der Waals surface area contributed by atoms with Crippen LogP contribution < -0.4 is 10.1 Å². The van der Waals surface area contributed by atoms with Gasteiger partial charge in [-0.25, -0.2) is 9.97 Å². The number of aryl methyl sites for hydroxylation is 2. The molecule has 3 heterocycles. The average molecular weight is 372 g/mol. The van der Waals surface area contributed by atoms with Crippen molar-refractivity contribution < 1.29 is 9.53 Å². The zero-order valence-corrected chi connectivity index (χ0v) is 15.7. The van der Waals surface area contributed by atoms with E-state index in [-0.39, 0.29) is 5.91 Å². The normalized spacial score (nSPS) is 10.8. The van der Waals surface area contributed by atoms with Gasteiger partial charge in [0.15, 0.2) is 0 Å². The van der Waals surface area contributed by atoms with Crippen LogP contribution in [0.4, 0.5) is 0 Å². The van der Waals surface area contributed by atoms with Gasteiger partial charge in [-0.2, -0.15) is 0 Å². The first-order valence-corrected chi connectivity index (χ1v) is 9.02. The van der Waals surface area contributed by atoms with Gasteiger partial charge in [0.05, 0.1) is 5.56 Å². The molecule has 6 nitrogen and oxygen atoms in total. The van der Waals surface area contributed by atoms with Crippen LogP contribution in [0.25, 0.3) is 5.65 Å². The molecule has 1 amide bonds. The van der Waals surface area contributed by atoms with Crippen molar-refractivity contribution in [3.63, 3.8) is 0 Å². The second-order valence-electron chi connectivity index (χ2n) is 6.53. The van der Waals surface area contributed by atoms with Crippen LogP contribution in [0.2, 0.25) is 0 Å². The number of pyridine rings is 1. The summed E-state index contributed by atoms with van der Waals surface area (Å²) in [4.78, 5) is 21.6. The van der Waals surface area contributed by atoms with Crippen molar-refractivity contribution in [2.45, 2.75) is 20.4 Å². The fourth-order valence-electron chi connectivity index (χ4n) is 3.09. The summed E-state index contributed by atoms with van der Waals surface area (Å²) in [6, 6.07) is 16.9. The molecule has 3 aromatic heterocycles. The van der Waals surface area contributed by atoms with E-state index in [1.54, 1.807) is 12.3 Å². The summed E-state index contributed by atoms with van der Waals surface area (Å²) in [5.41, 5.74) is 3.91. The summed E-state index contributed by atoms with van der Waals surface area (Å²) in [5.74, 6) is 0.984. The molecule has 0 bridgehead atoms. The van der Waals surface area contributed by atoms with Crippen LogP contribution >= 0.6 is 0 Å². The van der Waals surface area contributed by atoms with Crippen LogP contribution in [-0.2, 0) is 6.54 Å². The molecule has 6 heteroatoms. The molecular weight excluding hydrogens is 352 g/mol. The van der Waals surface area contributed by atoms with Crippen LogP contribution in [0.5, 0.6) is 11.6 Å². The lowest BCUT2D eigenvalue weighted by Crippen LogP contribution is -2.23. The maximum Gasteiger partial charge on any atom is 0.255 e. The van der Waals surface area contributed by atoms with Gasteiger partial charge in [0.1, 0.15) is 11.4 Å². The summed E-state index contributed by atoms with van der Waals surface area (Å²) in [6.45, 7) is 4.22. The molecule has 1 aromatic carbocycles. The van der Waals surface area contributed by atoms with Gasteiger partial charge in [0.25, 0.3) is 5.91 Å². The van der Waals surface area contributed by atoms with Gasteiger partial charge in [0, 0.05) is 35.9 Å². The van der Waals surface area contributed by atoms with Gasteiger partial charge < -0.3 is 14.5 Å². The monoisotopic (exact) mass is 372 g/mol. The molecule has 0 fully saturated rings. The van der Waals surface area contributed by atoms with E-state index >= 15 is 0 Å². The number of fused-ring (bicyclic) bond motifs is 1. The Morgan fingerprint density at radius 2 is 1.93 bits per heavy atom. The summed E-state index contributed by atoms with van der Waals surface area (Å²) >= 11 is 0. The molecule has 0 radical (unpaired) electrons. The lowest BCUT2D eigenvalue weighted by Gasteiger charge is -2.11. The zero-order chi connectivity index (χ0) is 19.5. The van der Waals surface area contributed by atoms with Crippen molar-refractivity contribution in [1.82, 2.24) is 19.7 Å². The highest BCUT2D eigenvalue weighted by atomic mass is 16.5. The molecule has 0 atom stereocenters. The van der Waals surface area contributed by atoms with E-state index in [2.05, 4.69) is 15.3 Å². The smallest absolute Gasteiger partial charge is 0.255 e. The average Bonchev–Trinajstić information content (AvgIpc) is 3.12. The molecule has 1 N–H and O–H groups in total. The Kier molecular flexibility index (Phi) is 4.76. The Morgan fingerprint density at radius 1 is 1.11 bits per heavy atom. The number of rotatable bonds is 5. The first-order chi connectivity index (χ1) is 13.6. The molecule has 4 rings (SSSR count). The molecule has 0 saturated carbocycles. The van der Waals surface area contributed by atoms with Crippen molar-refractivity contribution in [2.75, 3.05) is 0 Å². The minimum Gasteiger partial charge on any atom is -0.439 e. The minimum absolute atomic E-state index is 0.186. The Labute approximate surface area is 162 Å². The number of para-hydroxylation sites is 1. The molecule has 0 spiro atoms. The van der Waals surface area contributed by atoms with Crippen LogP contribution in [0.15, 0.2) is 67.0 Å². The number of benzene rings is 1. The van der Waals surface area contributed by atoms with Crippen molar-refractivity contribution >= 4 is 11.6 Å². The van der Waals surface area contributed by atoms with Crippen LogP contribution in [-0.4, -0.2) is 20.3 Å². The number of amides is 1. The van der Waals surface area contributed by atoms with Gasteiger partial charge in [-0.1, -0.05) is 24.3 Å².